The molecule has 0 atom stereocenters. The van der Waals surface area contributed by atoms with Gasteiger partial charge in [-0.25, -0.2) is 0 Å². The highest BCUT2D eigenvalue weighted by Gasteiger charge is 1.87. The summed E-state index contributed by atoms with van der Waals surface area (Å²) in [6.45, 7) is 8.18. The molecule has 0 aliphatic rings. The molecule has 0 heteroatoms. The van der Waals surface area contributed by atoms with E-state index in [4.69, 9.17) is 0 Å². The Morgan fingerprint density at radius 1 is 1.50 bits per heavy atom. The maximum Gasteiger partial charge on any atom is -0.0292 e. The second kappa shape index (κ2) is 4.89. The summed E-state index contributed by atoms with van der Waals surface area (Å²) in [6, 6.07) is 0. The van der Waals surface area contributed by atoms with E-state index in [1.165, 1.54) is 12.0 Å². The number of hydrogen-bond acceptors (Lipinski definition) is 0. The third kappa shape index (κ3) is 3.91. The van der Waals surface area contributed by atoms with Crippen LogP contribution in [0.25, 0.3) is 0 Å². The fourth-order valence-electron chi connectivity index (χ4n) is 0.493. The topological polar surface area (TPSA) is 0 Å². The predicted molar refractivity (Wildman–Crippen MR) is 38.6 cm³/mol. The summed E-state index contributed by atoms with van der Waals surface area (Å²) in [5.74, 6) is 0. The normalized spacial score (nSPS) is 9.25. The van der Waals surface area contributed by atoms with Gasteiger partial charge in [0.1, 0.15) is 0 Å². The first-order valence-electron chi connectivity index (χ1n) is 3.29. The van der Waals surface area contributed by atoms with Crippen molar-refractivity contribution >= 4 is 0 Å². The van der Waals surface area contributed by atoms with Gasteiger partial charge in [-0.2, -0.15) is 0 Å². The van der Waals surface area contributed by atoms with E-state index in [1.54, 1.807) is 0 Å². The van der Waals surface area contributed by atoms with Gasteiger partial charge in [0, 0.05) is 0 Å². The number of unbranched alkanes of at least 4 members (excludes halogenated alkanes) is 1. The van der Waals surface area contributed by atoms with Crippen molar-refractivity contribution in [2.75, 3.05) is 0 Å². The van der Waals surface area contributed by atoms with Gasteiger partial charge < -0.3 is 0 Å². The molecule has 0 bridgehead atoms. The Hall–Kier alpha value is -0.260. The van der Waals surface area contributed by atoms with Gasteiger partial charge in [0.25, 0.3) is 0 Å². The summed E-state index contributed by atoms with van der Waals surface area (Å²) < 4.78 is 0. The second-order valence-corrected chi connectivity index (χ2v) is 2.00. The highest BCUT2D eigenvalue weighted by atomic mass is 13.9. The van der Waals surface area contributed by atoms with Crippen molar-refractivity contribution in [1.82, 2.24) is 0 Å². The SMILES string of the molecule is C=C(CC)C[CH]CC. The third-order valence-corrected chi connectivity index (χ3v) is 1.22. The van der Waals surface area contributed by atoms with Gasteiger partial charge in [0.2, 0.25) is 0 Å². The largest absolute Gasteiger partial charge is 0.0999 e. The minimum absolute atomic E-state index is 1.10. The third-order valence-electron chi connectivity index (χ3n) is 1.22. The summed E-state index contributed by atoms with van der Waals surface area (Å²) in [7, 11) is 0. The van der Waals surface area contributed by atoms with Crippen LogP contribution in [0.4, 0.5) is 0 Å². The molecule has 1 radical (unpaired) electrons. The molecule has 0 nitrogen and oxygen atoms in total. The lowest BCUT2D eigenvalue weighted by Crippen LogP contribution is -1.77. The zero-order chi connectivity index (χ0) is 6.41. The molecule has 0 aromatic rings. The highest BCUT2D eigenvalue weighted by molar-refractivity contribution is 4.96. The van der Waals surface area contributed by atoms with Gasteiger partial charge in [-0.3, -0.25) is 0 Å². The van der Waals surface area contributed by atoms with Crippen molar-refractivity contribution in [2.45, 2.75) is 33.1 Å². The molecule has 0 heterocycles. The molecule has 0 rings (SSSR count). The molecule has 0 aliphatic carbocycles. The molecule has 0 saturated heterocycles. The van der Waals surface area contributed by atoms with Gasteiger partial charge >= 0.3 is 0 Å². The van der Waals surface area contributed by atoms with E-state index >= 15 is 0 Å². The lowest BCUT2D eigenvalue weighted by molar-refractivity contribution is 0.934. The molecular weight excluding hydrogens is 96.1 g/mol. The van der Waals surface area contributed by atoms with Crippen LogP contribution in [0.1, 0.15) is 33.1 Å². The number of allylic oxidation sites excluding steroid dienone is 1. The lowest BCUT2D eigenvalue weighted by Gasteiger charge is -1.96. The maximum atomic E-state index is 3.88. The van der Waals surface area contributed by atoms with Crippen LogP contribution in [0, 0.1) is 6.42 Å². The zero-order valence-corrected chi connectivity index (χ0v) is 5.91. The van der Waals surface area contributed by atoms with Crippen LogP contribution in [0.5, 0.6) is 0 Å². The van der Waals surface area contributed by atoms with E-state index < -0.39 is 0 Å². The molecular formula is C8H15. The Kier molecular flexibility index (Phi) is 4.73. The average Bonchev–Trinajstić information content (AvgIpc) is 1.83. The van der Waals surface area contributed by atoms with Crippen LogP contribution in [0.15, 0.2) is 12.2 Å². The highest BCUT2D eigenvalue weighted by Crippen LogP contribution is 2.05. The Balaban J connectivity index is 2.99. The van der Waals surface area contributed by atoms with Crippen molar-refractivity contribution in [1.29, 1.82) is 0 Å². The van der Waals surface area contributed by atoms with Crippen LogP contribution >= 0.6 is 0 Å². The molecule has 0 saturated carbocycles. The van der Waals surface area contributed by atoms with Crippen LogP contribution in [0.3, 0.4) is 0 Å². The Labute approximate surface area is 52.6 Å². The smallest absolute Gasteiger partial charge is 0.0292 e. The molecule has 8 heavy (non-hydrogen) atoms. The molecule has 0 aromatic carbocycles. The Morgan fingerprint density at radius 2 is 2.12 bits per heavy atom. The summed E-state index contributed by atoms with van der Waals surface area (Å²) in [4.78, 5) is 0. The van der Waals surface area contributed by atoms with Crippen molar-refractivity contribution in [3.05, 3.63) is 18.6 Å². The van der Waals surface area contributed by atoms with E-state index in [0.29, 0.717) is 0 Å². The molecule has 0 N–H and O–H groups in total. The van der Waals surface area contributed by atoms with E-state index in [-0.39, 0.29) is 0 Å². The Bertz CT molecular complexity index is 62.4. The molecule has 0 spiro atoms. The van der Waals surface area contributed by atoms with E-state index in [0.717, 1.165) is 12.8 Å². The summed E-state index contributed by atoms with van der Waals surface area (Å²) >= 11 is 0. The molecule has 0 aromatic heterocycles. The first-order valence-corrected chi connectivity index (χ1v) is 3.29. The van der Waals surface area contributed by atoms with Crippen molar-refractivity contribution in [3.63, 3.8) is 0 Å². The molecule has 0 unspecified atom stereocenters. The first kappa shape index (κ1) is 7.74. The standard InChI is InChI=1S/C8H15/c1-4-6-7-8(3)5-2/h6H,3-5,7H2,1-2H3. The minimum atomic E-state index is 1.10. The summed E-state index contributed by atoms with van der Waals surface area (Å²) in [5.41, 5.74) is 1.34. The predicted octanol–water partition coefficient (Wildman–Crippen LogP) is 2.96. The van der Waals surface area contributed by atoms with Crippen molar-refractivity contribution in [2.24, 2.45) is 0 Å². The maximum absolute atomic E-state index is 3.88. The van der Waals surface area contributed by atoms with Gasteiger partial charge in [-0.1, -0.05) is 32.4 Å². The molecule has 0 amide bonds. The zero-order valence-electron chi connectivity index (χ0n) is 5.91. The van der Waals surface area contributed by atoms with Crippen molar-refractivity contribution < 1.29 is 0 Å². The fraction of sp³-hybridized carbons (Fsp3) is 0.625. The monoisotopic (exact) mass is 111 g/mol. The van der Waals surface area contributed by atoms with Gasteiger partial charge in [-0.15, -0.1) is 0 Å². The van der Waals surface area contributed by atoms with Gasteiger partial charge in [-0.05, 0) is 19.3 Å². The van der Waals surface area contributed by atoms with Gasteiger partial charge in [0.15, 0.2) is 0 Å². The van der Waals surface area contributed by atoms with Crippen LogP contribution in [0.2, 0.25) is 0 Å². The Morgan fingerprint density at radius 3 is 2.50 bits per heavy atom. The van der Waals surface area contributed by atoms with E-state index in [2.05, 4.69) is 26.8 Å². The van der Waals surface area contributed by atoms with E-state index in [1.807, 2.05) is 0 Å². The second-order valence-electron chi connectivity index (χ2n) is 2.00. The van der Waals surface area contributed by atoms with Gasteiger partial charge in [0.05, 0.1) is 0 Å². The minimum Gasteiger partial charge on any atom is -0.0999 e. The summed E-state index contributed by atoms with van der Waals surface area (Å²) in [5, 5.41) is 0. The van der Waals surface area contributed by atoms with E-state index in [9.17, 15) is 0 Å². The number of rotatable bonds is 4. The first-order chi connectivity index (χ1) is 3.81. The number of hydrogen-bond donors (Lipinski definition) is 0. The van der Waals surface area contributed by atoms with Crippen LogP contribution in [-0.4, -0.2) is 0 Å². The van der Waals surface area contributed by atoms with Crippen LogP contribution < -0.4 is 0 Å². The van der Waals surface area contributed by atoms with Crippen LogP contribution in [-0.2, 0) is 0 Å². The lowest BCUT2D eigenvalue weighted by atomic mass is 10.1. The molecule has 0 fully saturated rings. The average molecular weight is 111 g/mol. The fourth-order valence-corrected chi connectivity index (χ4v) is 0.493. The molecule has 0 aliphatic heterocycles. The quantitative estimate of drug-likeness (QED) is 0.489. The molecule has 47 valence electrons. The summed E-state index contributed by atoms with van der Waals surface area (Å²) in [6.07, 6.45) is 5.65. The van der Waals surface area contributed by atoms with Crippen molar-refractivity contribution in [3.8, 4) is 0 Å².